The van der Waals surface area contributed by atoms with Crippen LogP contribution in [0, 0.1) is 0 Å². The zero-order valence-corrected chi connectivity index (χ0v) is 12.1. The Balaban J connectivity index is 2.02. The Kier molecular flexibility index (Phi) is 3.05. The van der Waals surface area contributed by atoms with Crippen molar-refractivity contribution in [2.45, 2.75) is 6.42 Å². The fraction of sp³-hybridized carbons (Fsp3) is 0.0556. The first-order valence-corrected chi connectivity index (χ1v) is 7.17. The largest absolute Gasteiger partial charge is 0.338 e. The maximum absolute atomic E-state index is 11.5. The quantitative estimate of drug-likeness (QED) is 0.666. The molecule has 0 fully saturated rings. The van der Waals surface area contributed by atoms with Crippen molar-refractivity contribution in [3.8, 4) is 0 Å². The van der Waals surface area contributed by atoms with Gasteiger partial charge in [-0.15, -0.1) is 0 Å². The summed E-state index contributed by atoms with van der Waals surface area (Å²) in [7, 11) is 0. The van der Waals surface area contributed by atoms with Crippen LogP contribution in [-0.4, -0.2) is 16.8 Å². The van der Waals surface area contributed by atoms with Gasteiger partial charge in [-0.05, 0) is 35.1 Å². The van der Waals surface area contributed by atoms with Gasteiger partial charge < -0.3 is 0 Å². The number of amides is 2. The number of rotatable bonds is 2. The molecule has 0 spiro atoms. The number of aromatic nitrogens is 1. The fourth-order valence-corrected chi connectivity index (χ4v) is 2.78. The molecule has 2 amide bonds. The van der Waals surface area contributed by atoms with Crippen molar-refractivity contribution in [3.63, 3.8) is 0 Å². The number of pyridine rings is 1. The molecule has 23 heavy (non-hydrogen) atoms. The van der Waals surface area contributed by atoms with Crippen molar-refractivity contribution in [2.75, 3.05) is 0 Å². The van der Waals surface area contributed by atoms with Crippen molar-refractivity contribution in [1.29, 1.82) is 0 Å². The van der Waals surface area contributed by atoms with Crippen LogP contribution in [-0.2, 0) is 16.0 Å². The van der Waals surface area contributed by atoms with E-state index < -0.39 is 11.8 Å². The number of fused-ring (bicyclic) bond motifs is 3. The molecule has 0 saturated carbocycles. The Morgan fingerprint density at radius 2 is 1.65 bits per heavy atom. The third-order valence-electron chi connectivity index (χ3n) is 3.83. The summed E-state index contributed by atoms with van der Waals surface area (Å²) in [5.74, 6) is -1.66. The molecule has 3 aromatic rings. The van der Waals surface area contributed by atoms with Crippen molar-refractivity contribution < 1.29 is 9.59 Å². The lowest BCUT2D eigenvalue weighted by Crippen LogP contribution is -2.35. The van der Waals surface area contributed by atoms with Gasteiger partial charge in [0.25, 0.3) is 0 Å². The Hall–Kier alpha value is -3.21. The Bertz CT molecular complexity index is 1070. The summed E-state index contributed by atoms with van der Waals surface area (Å²) in [4.78, 5) is 34.9. The van der Waals surface area contributed by atoms with E-state index in [2.05, 4.69) is 15.0 Å². The van der Waals surface area contributed by atoms with Crippen LogP contribution in [0.1, 0.15) is 11.1 Å². The van der Waals surface area contributed by atoms with Gasteiger partial charge in [-0.3, -0.25) is 14.6 Å². The van der Waals surface area contributed by atoms with Crippen LogP contribution >= 0.6 is 0 Å². The second-order valence-electron chi connectivity index (χ2n) is 5.32. The van der Waals surface area contributed by atoms with Gasteiger partial charge in [0.05, 0.1) is 5.36 Å². The van der Waals surface area contributed by atoms with Gasteiger partial charge in [0, 0.05) is 17.8 Å². The van der Waals surface area contributed by atoms with Gasteiger partial charge in [0.2, 0.25) is 0 Å². The van der Waals surface area contributed by atoms with Crippen LogP contribution in [0.2, 0.25) is 0 Å². The van der Waals surface area contributed by atoms with Gasteiger partial charge in [0.15, 0.2) is 0 Å². The van der Waals surface area contributed by atoms with Crippen molar-refractivity contribution >= 4 is 22.6 Å². The highest BCUT2D eigenvalue weighted by Gasteiger charge is 2.18. The highest BCUT2D eigenvalue weighted by atomic mass is 16.2. The number of carbonyl (C=O) groups excluding carboxylic acids is 2. The first-order valence-electron chi connectivity index (χ1n) is 7.17. The van der Waals surface area contributed by atoms with E-state index in [1.165, 1.54) is 0 Å². The average molecular weight is 301 g/mol. The van der Waals surface area contributed by atoms with Crippen LogP contribution < -0.4 is 10.7 Å². The molecule has 0 N–H and O–H groups in total. The molecular weight excluding hydrogens is 290 g/mol. The Morgan fingerprint density at radius 3 is 2.48 bits per heavy atom. The van der Waals surface area contributed by atoms with Crippen molar-refractivity contribution in [3.05, 3.63) is 76.7 Å². The summed E-state index contributed by atoms with van der Waals surface area (Å²) in [5.41, 5.74) is 2.18. The summed E-state index contributed by atoms with van der Waals surface area (Å²) >= 11 is 0. The second kappa shape index (κ2) is 5.21. The lowest BCUT2D eigenvalue weighted by atomic mass is 9.98. The second-order valence-corrected chi connectivity index (χ2v) is 5.32. The van der Waals surface area contributed by atoms with Crippen LogP contribution in [0.3, 0.4) is 0 Å². The molecule has 2 heterocycles. The van der Waals surface area contributed by atoms with Crippen molar-refractivity contribution in [1.82, 2.24) is 4.98 Å². The van der Waals surface area contributed by atoms with Crippen molar-refractivity contribution in [2.24, 2.45) is 9.98 Å². The molecule has 0 unspecified atom stereocenters. The molecule has 0 aliphatic carbocycles. The monoisotopic (exact) mass is 301 g/mol. The standard InChI is InChI=1S/C18H11N3O2/c22-17-18(23)21-16-14-10-19-7-6-13(14)12(9-15(16)20-17)8-11-4-2-1-3-5-11/h1-7,9-10H,8H2. The lowest BCUT2D eigenvalue weighted by Gasteiger charge is -2.09. The average Bonchev–Trinajstić information content (AvgIpc) is 2.58. The molecule has 4 rings (SSSR count). The predicted molar refractivity (Wildman–Crippen MR) is 83.3 cm³/mol. The van der Waals surface area contributed by atoms with E-state index in [1.807, 2.05) is 42.5 Å². The minimum Gasteiger partial charge on any atom is -0.264 e. The number of hydrogen-bond acceptors (Lipinski definition) is 3. The molecule has 110 valence electrons. The predicted octanol–water partition coefficient (Wildman–Crippen LogP) is 1.13. The van der Waals surface area contributed by atoms with Gasteiger partial charge in [-0.2, -0.15) is 0 Å². The molecule has 0 radical (unpaired) electrons. The molecule has 0 saturated heterocycles. The molecule has 1 aliphatic rings. The van der Waals surface area contributed by atoms with E-state index in [0.29, 0.717) is 17.1 Å². The number of carbonyl (C=O) groups is 2. The highest BCUT2D eigenvalue weighted by Crippen LogP contribution is 2.17. The summed E-state index contributed by atoms with van der Waals surface area (Å²) in [6.45, 7) is 0. The van der Waals surface area contributed by atoms with E-state index in [4.69, 9.17) is 0 Å². The molecular formula is C18H11N3O2. The number of benzene rings is 2. The Labute approximate surface area is 131 Å². The maximum Gasteiger partial charge on any atom is 0.338 e. The summed E-state index contributed by atoms with van der Waals surface area (Å²) in [6.07, 6.45) is 4.06. The minimum absolute atomic E-state index is 0.425. The van der Waals surface area contributed by atoms with Crippen LogP contribution in [0.5, 0.6) is 0 Å². The fourth-order valence-electron chi connectivity index (χ4n) is 2.78. The van der Waals surface area contributed by atoms with E-state index in [-0.39, 0.29) is 0 Å². The first-order chi connectivity index (χ1) is 11.2. The third-order valence-corrected chi connectivity index (χ3v) is 3.83. The van der Waals surface area contributed by atoms with E-state index in [0.717, 1.165) is 21.9 Å². The smallest absolute Gasteiger partial charge is 0.264 e. The zero-order chi connectivity index (χ0) is 15.8. The molecule has 1 aliphatic heterocycles. The van der Waals surface area contributed by atoms with Crippen LogP contribution in [0.4, 0.5) is 0 Å². The van der Waals surface area contributed by atoms with Gasteiger partial charge in [0.1, 0.15) is 5.36 Å². The van der Waals surface area contributed by atoms with Crippen LogP contribution in [0.25, 0.3) is 10.8 Å². The minimum atomic E-state index is -0.835. The molecule has 5 heteroatoms. The normalized spacial score (nSPS) is 13.4. The highest BCUT2D eigenvalue weighted by molar-refractivity contribution is 6.36. The molecule has 0 atom stereocenters. The number of hydrogen-bond donors (Lipinski definition) is 0. The lowest BCUT2D eigenvalue weighted by molar-refractivity contribution is -0.135. The van der Waals surface area contributed by atoms with Gasteiger partial charge >= 0.3 is 11.8 Å². The summed E-state index contributed by atoms with van der Waals surface area (Å²) in [6, 6.07) is 13.8. The summed E-state index contributed by atoms with van der Waals surface area (Å²) in [5, 5.41) is 2.56. The summed E-state index contributed by atoms with van der Waals surface area (Å²) < 4.78 is 0. The topological polar surface area (TPSA) is 71.8 Å². The maximum atomic E-state index is 11.5. The Morgan fingerprint density at radius 1 is 0.870 bits per heavy atom. The molecule has 1 aromatic heterocycles. The SMILES string of the molecule is O=C1N=c2cc(Cc3ccccc3)c3ccncc3c2=NC1=O. The van der Waals surface area contributed by atoms with E-state index in [1.54, 1.807) is 12.4 Å². The third kappa shape index (κ3) is 2.32. The first kappa shape index (κ1) is 13.5. The molecule has 0 bridgehead atoms. The zero-order valence-electron chi connectivity index (χ0n) is 12.1. The van der Waals surface area contributed by atoms with Gasteiger partial charge in [-0.1, -0.05) is 30.3 Å². The molecule has 2 aromatic carbocycles. The van der Waals surface area contributed by atoms with Gasteiger partial charge in [-0.25, -0.2) is 9.98 Å². The van der Waals surface area contributed by atoms with E-state index in [9.17, 15) is 9.59 Å². The van der Waals surface area contributed by atoms with Crippen LogP contribution in [0.15, 0.2) is 64.8 Å². The number of nitrogens with zero attached hydrogens (tertiary/aromatic N) is 3. The molecule has 5 nitrogen and oxygen atoms in total. The van der Waals surface area contributed by atoms with E-state index >= 15 is 0 Å².